The Balaban J connectivity index is 2.17. The lowest BCUT2D eigenvalue weighted by Crippen LogP contribution is -2.08. The zero-order chi connectivity index (χ0) is 17.1. The maximum Gasteiger partial charge on any atom is 0.304 e. The number of para-hydroxylation sites is 1. The van der Waals surface area contributed by atoms with Crippen LogP contribution in [-0.4, -0.2) is 22.8 Å². The smallest absolute Gasteiger partial charge is 0.304 e. The van der Waals surface area contributed by atoms with E-state index in [1.165, 1.54) is 0 Å². The molecule has 0 unspecified atom stereocenters. The minimum absolute atomic E-state index is 0.0465. The average Bonchev–Trinajstić information content (AvgIpc) is 2.98. The zero-order valence-corrected chi connectivity index (χ0v) is 13.9. The molecular weight excluding hydrogens is 302 g/mol. The summed E-state index contributed by atoms with van der Waals surface area (Å²) in [5, 5.41) is 10.5. The molecule has 1 aromatic heterocycles. The van der Waals surface area contributed by atoms with Crippen molar-refractivity contribution in [2.75, 3.05) is 7.11 Å². The van der Waals surface area contributed by atoms with Crippen LogP contribution >= 0.6 is 0 Å². The highest BCUT2D eigenvalue weighted by atomic mass is 16.5. The summed E-state index contributed by atoms with van der Waals surface area (Å²) in [6, 6.07) is 15.8. The first-order chi connectivity index (χ1) is 11.6. The number of methoxy groups -OCH3 is 1. The molecule has 3 rings (SSSR count). The van der Waals surface area contributed by atoms with E-state index >= 15 is 0 Å². The number of aryl methyl sites for hydroxylation is 1. The highest BCUT2D eigenvalue weighted by molar-refractivity contribution is 5.86. The van der Waals surface area contributed by atoms with Crippen LogP contribution in [0.4, 0.5) is 0 Å². The molecule has 1 heterocycles. The highest BCUT2D eigenvalue weighted by Gasteiger charge is 2.22. The van der Waals surface area contributed by atoms with Crippen LogP contribution < -0.4 is 4.74 Å². The standard InChI is InChI=1S/C20H21NO3/c1-3-21-13-18(16-9-4-5-10-19(16)21)17(12-20(22)23)14-7-6-8-15(11-14)24-2/h4-11,13,17H,3,12H2,1-2H3,(H,22,23)/t17-/m0/s1. The average molecular weight is 323 g/mol. The summed E-state index contributed by atoms with van der Waals surface area (Å²) in [6.45, 7) is 2.94. The summed E-state index contributed by atoms with van der Waals surface area (Å²) in [5.41, 5.74) is 3.13. The summed E-state index contributed by atoms with van der Waals surface area (Å²) in [5.74, 6) is -0.284. The van der Waals surface area contributed by atoms with Crippen LogP contribution in [-0.2, 0) is 11.3 Å². The van der Waals surface area contributed by atoms with Crippen molar-refractivity contribution in [2.45, 2.75) is 25.8 Å². The first-order valence-electron chi connectivity index (χ1n) is 8.07. The molecule has 0 bridgehead atoms. The predicted molar refractivity (Wildman–Crippen MR) is 94.7 cm³/mol. The Labute approximate surface area is 141 Å². The van der Waals surface area contributed by atoms with Crippen molar-refractivity contribution in [3.05, 3.63) is 65.9 Å². The molecule has 0 fully saturated rings. The van der Waals surface area contributed by atoms with E-state index in [2.05, 4.69) is 29.8 Å². The minimum atomic E-state index is -0.809. The van der Waals surface area contributed by atoms with Gasteiger partial charge < -0.3 is 14.4 Å². The molecule has 3 aromatic rings. The molecule has 0 saturated heterocycles. The molecule has 24 heavy (non-hydrogen) atoms. The van der Waals surface area contributed by atoms with Crippen molar-refractivity contribution in [1.82, 2.24) is 4.57 Å². The van der Waals surface area contributed by atoms with Crippen LogP contribution in [0.2, 0.25) is 0 Å². The lowest BCUT2D eigenvalue weighted by molar-refractivity contribution is -0.137. The second kappa shape index (κ2) is 6.79. The number of carbonyl (C=O) groups is 1. The number of ether oxygens (including phenoxy) is 1. The summed E-state index contributed by atoms with van der Waals surface area (Å²) >= 11 is 0. The Bertz CT molecular complexity index is 866. The Kier molecular flexibility index (Phi) is 4.56. The van der Waals surface area contributed by atoms with Crippen molar-refractivity contribution < 1.29 is 14.6 Å². The molecular formula is C20H21NO3. The molecule has 0 saturated carbocycles. The predicted octanol–water partition coefficient (Wildman–Crippen LogP) is 4.28. The summed E-state index contributed by atoms with van der Waals surface area (Å²) in [6.07, 6.45) is 2.13. The number of carboxylic acid groups (broad SMARTS) is 1. The summed E-state index contributed by atoms with van der Waals surface area (Å²) in [4.78, 5) is 11.5. The van der Waals surface area contributed by atoms with E-state index in [1.54, 1.807) is 7.11 Å². The van der Waals surface area contributed by atoms with E-state index in [9.17, 15) is 9.90 Å². The van der Waals surface area contributed by atoms with Crippen molar-refractivity contribution in [1.29, 1.82) is 0 Å². The van der Waals surface area contributed by atoms with E-state index in [0.29, 0.717) is 0 Å². The van der Waals surface area contributed by atoms with Crippen molar-refractivity contribution in [3.63, 3.8) is 0 Å². The number of aromatic nitrogens is 1. The van der Waals surface area contributed by atoms with E-state index in [0.717, 1.165) is 34.3 Å². The van der Waals surface area contributed by atoms with Crippen molar-refractivity contribution in [2.24, 2.45) is 0 Å². The van der Waals surface area contributed by atoms with Gasteiger partial charge in [-0.1, -0.05) is 30.3 Å². The second-order valence-electron chi connectivity index (χ2n) is 5.81. The molecule has 2 aromatic carbocycles. The molecule has 0 spiro atoms. The number of fused-ring (bicyclic) bond motifs is 1. The first-order valence-corrected chi connectivity index (χ1v) is 8.07. The van der Waals surface area contributed by atoms with Gasteiger partial charge in [0.25, 0.3) is 0 Å². The summed E-state index contributed by atoms with van der Waals surface area (Å²) in [7, 11) is 1.62. The number of carboxylic acids is 1. The Morgan fingerprint density at radius 3 is 2.71 bits per heavy atom. The molecule has 4 nitrogen and oxygen atoms in total. The van der Waals surface area contributed by atoms with Crippen LogP contribution in [0.3, 0.4) is 0 Å². The van der Waals surface area contributed by atoms with E-state index in [1.807, 2.05) is 36.4 Å². The third kappa shape index (κ3) is 3.00. The van der Waals surface area contributed by atoms with Gasteiger partial charge in [0.05, 0.1) is 13.5 Å². The van der Waals surface area contributed by atoms with Crippen LogP contribution in [0, 0.1) is 0 Å². The van der Waals surface area contributed by atoms with Gasteiger partial charge >= 0.3 is 5.97 Å². The maximum absolute atomic E-state index is 11.5. The first kappa shape index (κ1) is 16.1. The van der Waals surface area contributed by atoms with Gasteiger partial charge in [0.2, 0.25) is 0 Å². The van der Waals surface area contributed by atoms with Crippen LogP contribution in [0.5, 0.6) is 5.75 Å². The minimum Gasteiger partial charge on any atom is -0.497 e. The fourth-order valence-electron chi connectivity index (χ4n) is 3.25. The van der Waals surface area contributed by atoms with E-state index in [4.69, 9.17) is 4.74 Å². The Morgan fingerprint density at radius 1 is 1.21 bits per heavy atom. The van der Waals surface area contributed by atoms with E-state index in [-0.39, 0.29) is 12.3 Å². The molecule has 124 valence electrons. The van der Waals surface area contributed by atoms with Gasteiger partial charge in [-0.25, -0.2) is 0 Å². The summed E-state index contributed by atoms with van der Waals surface area (Å²) < 4.78 is 7.47. The van der Waals surface area contributed by atoms with Crippen LogP contribution in [0.25, 0.3) is 10.9 Å². The third-order valence-corrected chi connectivity index (χ3v) is 4.41. The number of nitrogens with zero attached hydrogens (tertiary/aromatic N) is 1. The number of rotatable bonds is 6. The van der Waals surface area contributed by atoms with Gasteiger partial charge in [-0.2, -0.15) is 0 Å². The van der Waals surface area contributed by atoms with Crippen molar-refractivity contribution >= 4 is 16.9 Å². The molecule has 0 aliphatic heterocycles. The number of aliphatic carboxylic acids is 1. The van der Waals surface area contributed by atoms with Crippen LogP contribution in [0.1, 0.15) is 30.4 Å². The second-order valence-corrected chi connectivity index (χ2v) is 5.81. The fourth-order valence-corrected chi connectivity index (χ4v) is 3.25. The van der Waals surface area contributed by atoms with Gasteiger partial charge in [-0.05, 0) is 36.2 Å². The number of benzene rings is 2. The molecule has 1 atom stereocenters. The molecule has 1 N–H and O–H groups in total. The SMILES string of the molecule is CCn1cc([C@@H](CC(=O)O)c2cccc(OC)c2)c2ccccc21. The van der Waals surface area contributed by atoms with Gasteiger partial charge in [-0.15, -0.1) is 0 Å². The molecule has 0 aliphatic carbocycles. The maximum atomic E-state index is 11.5. The van der Waals surface area contributed by atoms with Gasteiger partial charge in [0.15, 0.2) is 0 Å². The number of hydrogen-bond donors (Lipinski definition) is 1. The van der Waals surface area contributed by atoms with E-state index < -0.39 is 5.97 Å². The Hall–Kier alpha value is -2.75. The topological polar surface area (TPSA) is 51.5 Å². The van der Waals surface area contributed by atoms with Crippen molar-refractivity contribution in [3.8, 4) is 5.75 Å². The molecule has 4 heteroatoms. The third-order valence-electron chi connectivity index (χ3n) is 4.41. The Morgan fingerprint density at radius 2 is 2.00 bits per heavy atom. The highest BCUT2D eigenvalue weighted by Crippen LogP contribution is 2.35. The quantitative estimate of drug-likeness (QED) is 0.737. The molecule has 0 radical (unpaired) electrons. The lowest BCUT2D eigenvalue weighted by Gasteiger charge is -2.16. The molecule has 0 aliphatic rings. The molecule has 0 amide bonds. The van der Waals surface area contributed by atoms with Crippen LogP contribution in [0.15, 0.2) is 54.7 Å². The normalized spacial score (nSPS) is 12.2. The van der Waals surface area contributed by atoms with Gasteiger partial charge in [-0.3, -0.25) is 4.79 Å². The van der Waals surface area contributed by atoms with Gasteiger partial charge in [0, 0.05) is 29.6 Å². The monoisotopic (exact) mass is 323 g/mol. The largest absolute Gasteiger partial charge is 0.497 e. The fraction of sp³-hybridized carbons (Fsp3) is 0.250. The van der Waals surface area contributed by atoms with Gasteiger partial charge in [0.1, 0.15) is 5.75 Å². The number of hydrogen-bond acceptors (Lipinski definition) is 2. The zero-order valence-electron chi connectivity index (χ0n) is 13.9. The lowest BCUT2D eigenvalue weighted by atomic mass is 9.88.